The maximum absolute atomic E-state index is 12.5. The summed E-state index contributed by atoms with van der Waals surface area (Å²) in [5.74, 6) is 0.432. The maximum Gasteiger partial charge on any atom is 0.358 e. The Labute approximate surface area is 202 Å². The third-order valence-corrected chi connectivity index (χ3v) is 5.89. The van der Waals surface area contributed by atoms with Crippen molar-refractivity contribution < 1.29 is 18.7 Å². The van der Waals surface area contributed by atoms with Crippen LogP contribution in [-0.2, 0) is 4.74 Å². The second-order valence-electron chi connectivity index (χ2n) is 8.04. The van der Waals surface area contributed by atoms with E-state index < -0.39 is 5.97 Å². The SMILES string of the molecule is CCOC(=O)c1cc(-c2ccc(N3CCN(C(=O)c4ccco4)CC3)cc2)n(-c2ccccn2)n1. The van der Waals surface area contributed by atoms with Crippen molar-refractivity contribution >= 4 is 17.6 Å². The Morgan fingerprint density at radius 3 is 2.46 bits per heavy atom. The number of aromatic nitrogens is 3. The van der Waals surface area contributed by atoms with Crippen molar-refractivity contribution in [1.29, 1.82) is 0 Å². The summed E-state index contributed by atoms with van der Waals surface area (Å²) in [5, 5.41) is 4.46. The Bertz CT molecular complexity index is 1290. The van der Waals surface area contributed by atoms with Gasteiger partial charge in [0.25, 0.3) is 5.91 Å². The minimum absolute atomic E-state index is 0.0785. The number of ether oxygens (including phenoxy) is 1. The minimum atomic E-state index is -0.470. The first-order valence-electron chi connectivity index (χ1n) is 11.5. The number of furan rings is 1. The van der Waals surface area contributed by atoms with E-state index in [4.69, 9.17) is 9.15 Å². The van der Waals surface area contributed by atoms with Crippen molar-refractivity contribution in [2.45, 2.75) is 6.92 Å². The molecule has 1 aromatic carbocycles. The van der Waals surface area contributed by atoms with Crippen LogP contribution in [0.1, 0.15) is 28.0 Å². The molecule has 0 radical (unpaired) electrons. The maximum atomic E-state index is 12.5. The number of carbonyl (C=O) groups is 2. The normalized spacial score (nSPS) is 13.6. The van der Waals surface area contributed by atoms with Crippen LogP contribution in [0.15, 0.2) is 77.5 Å². The van der Waals surface area contributed by atoms with Gasteiger partial charge in [0.15, 0.2) is 17.3 Å². The van der Waals surface area contributed by atoms with Crippen molar-refractivity contribution in [3.63, 3.8) is 0 Å². The number of benzene rings is 1. The van der Waals surface area contributed by atoms with Gasteiger partial charge in [0, 0.05) is 43.6 Å². The van der Waals surface area contributed by atoms with Crippen molar-refractivity contribution in [2.75, 3.05) is 37.7 Å². The lowest BCUT2D eigenvalue weighted by Crippen LogP contribution is -2.48. The Hall–Kier alpha value is -4.40. The van der Waals surface area contributed by atoms with Gasteiger partial charge in [-0.3, -0.25) is 4.79 Å². The molecule has 0 N–H and O–H groups in total. The van der Waals surface area contributed by atoms with Crippen LogP contribution in [0, 0.1) is 0 Å². The first-order valence-corrected chi connectivity index (χ1v) is 11.5. The van der Waals surface area contributed by atoms with Gasteiger partial charge in [-0.2, -0.15) is 5.10 Å². The lowest BCUT2D eigenvalue weighted by molar-refractivity contribution is 0.0518. The molecule has 4 aromatic rings. The van der Waals surface area contributed by atoms with Crippen LogP contribution in [0.25, 0.3) is 17.1 Å². The first kappa shape index (κ1) is 22.4. The molecule has 9 heteroatoms. The zero-order valence-electron chi connectivity index (χ0n) is 19.3. The molecule has 9 nitrogen and oxygen atoms in total. The molecule has 3 aromatic heterocycles. The number of hydrogen-bond donors (Lipinski definition) is 0. The Kier molecular flexibility index (Phi) is 6.30. The molecule has 4 heterocycles. The number of carbonyl (C=O) groups excluding carboxylic acids is 2. The van der Waals surface area contributed by atoms with Crippen LogP contribution in [0.5, 0.6) is 0 Å². The highest BCUT2D eigenvalue weighted by molar-refractivity contribution is 5.91. The number of anilines is 1. The highest BCUT2D eigenvalue weighted by atomic mass is 16.5. The molecule has 1 amide bonds. The Morgan fingerprint density at radius 1 is 1.00 bits per heavy atom. The summed E-state index contributed by atoms with van der Waals surface area (Å²) in [4.78, 5) is 33.3. The first-order chi connectivity index (χ1) is 17.1. The van der Waals surface area contributed by atoms with E-state index in [0.717, 1.165) is 30.0 Å². The van der Waals surface area contributed by atoms with Crippen LogP contribution in [0.3, 0.4) is 0 Å². The number of rotatable bonds is 6. The van der Waals surface area contributed by atoms with E-state index in [-0.39, 0.29) is 18.2 Å². The number of piperazine rings is 1. The number of pyridine rings is 1. The zero-order chi connectivity index (χ0) is 24.2. The van der Waals surface area contributed by atoms with Gasteiger partial charge in [-0.1, -0.05) is 18.2 Å². The average Bonchev–Trinajstić information content (AvgIpc) is 3.60. The van der Waals surface area contributed by atoms with E-state index >= 15 is 0 Å². The molecule has 5 rings (SSSR count). The summed E-state index contributed by atoms with van der Waals surface area (Å²) < 4.78 is 12.0. The molecule has 35 heavy (non-hydrogen) atoms. The van der Waals surface area contributed by atoms with Gasteiger partial charge in [-0.05, 0) is 49.4 Å². The standard InChI is InChI=1S/C26H25N5O4/c1-2-34-26(33)21-18-22(31(28-21)24-7-3-4-12-27-24)19-8-10-20(11-9-19)29-13-15-30(16-14-29)25(32)23-6-5-17-35-23/h3-12,17-18H,2,13-16H2,1H3. The summed E-state index contributed by atoms with van der Waals surface area (Å²) in [5.41, 5.74) is 2.93. The minimum Gasteiger partial charge on any atom is -0.461 e. The van der Waals surface area contributed by atoms with E-state index in [1.807, 2.05) is 47.4 Å². The number of esters is 1. The molecule has 0 saturated carbocycles. The molecular weight excluding hydrogens is 446 g/mol. The van der Waals surface area contributed by atoms with Gasteiger partial charge in [0.2, 0.25) is 0 Å². The van der Waals surface area contributed by atoms with Crippen LogP contribution >= 0.6 is 0 Å². The fourth-order valence-electron chi connectivity index (χ4n) is 4.11. The van der Waals surface area contributed by atoms with Crippen LogP contribution in [-0.4, -0.2) is 64.3 Å². The fourth-order valence-corrected chi connectivity index (χ4v) is 4.11. The topological polar surface area (TPSA) is 93.7 Å². The van der Waals surface area contributed by atoms with Crippen molar-refractivity contribution in [3.8, 4) is 17.1 Å². The van der Waals surface area contributed by atoms with E-state index in [2.05, 4.69) is 15.0 Å². The van der Waals surface area contributed by atoms with Gasteiger partial charge in [-0.25, -0.2) is 14.5 Å². The summed E-state index contributed by atoms with van der Waals surface area (Å²) >= 11 is 0. The lowest BCUT2D eigenvalue weighted by atomic mass is 10.1. The highest BCUT2D eigenvalue weighted by Crippen LogP contribution is 2.27. The van der Waals surface area contributed by atoms with Crippen molar-refractivity contribution in [3.05, 3.63) is 84.6 Å². The van der Waals surface area contributed by atoms with Gasteiger partial charge >= 0.3 is 5.97 Å². The van der Waals surface area contributed by atoms with Crippen LogP contribution < -0.4 is 4.90 Å². The predicted octanol–water partition coefficient (Wildman–Crippen LogP) is 3.67. The summed E-state index contributed by atoms with van der Waals surface area (Å²) in [6.45, 7) is 4.74. The van der Waals surface area contributed by atoms with Gasteiger partial charge in [0.1, 0.15) is 0 Å². The average molecular weight is 472 g/mol. The second kappa shape index (κ2) is 9.84. The van der Waals surface area contributed by atoms with Crippen molar-refractivity contribution in [2.24, 2.45) is 0 Å². The molecule has 0 aliphatic carbocycles. The fraction of sp³-hybridized carbons (Fsp3) is 0.231. The molecule has 178 valence electrons. The van der Waals surface area contributed by atoms with E-state index in [1.165, 1.54) is 6.26 Å². The molecule has 0 unspecified atom stereocenters. The third kappa shape index (κ3) is 4.65. The highest BCUT2D eigenvalue weighted by Gasteiger charge is 2.24. The van der Waals surface area contributed by atoms with E-state index in [0.29, 0.717) is 24.7 Å². The van der Waals surface area contributed by atoms with Crippen molar-refractivity contribution in [1.82, 2.24) is 19.7 Å². The van der Waals surface area contributed by atoms with Gasteiger partial charge < -0.3 is 19.0 Å². The van der Waals surface area contributed by atoms with Gasteiger partial charge in [0.05, 0.1) is 18.6 Å². The largest absolute Gasteiger partial charge is 0.461 e. The molecule has 1 aliphatic heterocycles. The number of hydrogen-bond acceptors (Lipinski definition) is 7. The third-order valence-electron chi connectivity index (χ3n) is 5.89. The molecule has 1 fully saturated rings. The zero-order valence-corrected chi connectivity index (χ0v) is 19.3. The lowest BCUT2D eigenvalue weighted by Gasteiger charge is -2.35. The molecule has 0 atom stereocenters. The number of nitrogens with zero attached hydrogens (tertiary/aromatic N) is 5. The summed E-state index contributed by atoms with van der Waals surface area (Å²) in [6, 6.07) is 18.8. The quantitative estimate of drug-likeness (QED) is 0.396. The van der Waals surface area contributed by atoms with Gasteiger partial charge in [-0.15, -0.1) is 0 Å². The molecule has 1 aliphatic rings. The van der Waals surface area contributed by atoms with Crippen LogP contribution in [0.4, 0.5) is 5.69 Å². The molecule has 1 saturated heterocycles. The monoisotopic (exact) mass is 471 g/mol. The van der Waals surface area contributed by atoms with E-state index in [9.17, 15) is 9.59 Å². The number of amides is 1. The Balaban J connectivity index is 1.34. The Morgan fingerprint density at radius 2 is 1.80 bits per heavy atom. The molecular formula is C26H25N5O4. The summed E-state index contributed by atoms with van der Waals surface area (Å²) in [6.07, 6.45) is 3.20. The second-order valence-corrected chi connectivity index (χ2v) is 8.04. The van der Waals surface area contributed by atoms with E-state index in [1.54, 1.807) is 36.0 Å². The smallest absolute Gasteiger partial charge is 0.358 e. The molecule has 0 spiro atoms. The predicted molar refractivity (Wildman–Crippen MR) is 130 cm³/mol. The summed E-state index contributed by atoms with van der Waals surface area (Å²) in [7, 11) is 0. The van der Waals surface area contributed by atoms with Crippen LogP contribution in [0.2, 0.25) is 0 Å². The molecule has 0 bridgehead atoms.